The highest BCUT2D eigenvalue weighted by Crippen LogP contribution is 2.35. The molecule has 128 valence electrons. The SMILES string of the molecule is C=C(SC(=NC(C)C)C(F)(F)F)c1ccc2cnc(NC)cc2c1. The molecule has 0 saturated heterocycles. The summed E-state index contributed by atoms with van der Waals surface area (Å²) in [6, 6.07) is 6.75. The van der Waals surface area contributed by atoms with Gasteiger partial charge < -0.3 is 5.32 Å². The zero-order valence-electron chi connectivity index (χ0n) is 13.6. The second-order valence-corrected chi connectivity index (χ2v) is 6.52. The van der Waals surface area contributed by atoms with Crippen LogP contribution in [0.4, 0.5) is 19.0 Å². The Hall–Kier alpha value is -2.02. The lowest BCUT2D eigenvalue weighted by Gasteiger charge is -2.13. The average Bonchev–Trinajstić information content (AvgIpc) is 2.51. The molecule has 2 aromatic rings. The molecule has 2 rings (SSSR count). The van der Waals surface area contributed by atoms with E-state index in [-0.39, 0.29) is 0 Å². The first-order valence-electron chi connectivity index (χ1n) is 7.30. The number of hydrogen-bond donors (Lipinski definition) is 1. The normalized spacial score (nSPS) is 12.7. The summed E-state index contributed by atoms with van der Waals surface area (Å²) in [4.78, 5) is 8.19. The van der Waals surface area contributed by atoms with Crippen molar-refractivity contribution in [2.24, 2.45) is 4.99 Å². The summed E-state index contributed by atoms with van der Waals surface area (Å²) < 4.78 is 39.3. The Kier molecular flexibility index (Phi) is 5.54. The van der Waals surface area contributed by atoms with Crippen LogP contribution in [0.15, 0.2) is 42.0 Å². The first kappa shape index (κ1) is 18.3. The van der Waals surface area contributed by atoms with Crippen LogP contribution in [0.2, 0.25) is 0 Å². The number of fused-ring (bicyclic) bond motifs is 1. The van der Waals surface area contributed by atoms with Crippen LogP contribution in [0.3, 0.4) is 0 Å². The third kappa shape index (κ3) is 4.50. The fourth-order valence-electron chi connectivity index (χ4n) is 2.02. The fraction of sp³-hybridized carbons (Fsp3) is 0.294. The lowest BCUT2D eigenvalue weighted by molar-refractivity contribution is -0.0557. The first-order chi connectivity index (χ1) is 11.2. The summed E-state index contributed by atoms with van der Waals surface area (Å²) in [6.45, 7) is 7.00. The predicted molar refractivity (Wildman–Crippen MR) is 96.5 cm³/mol. The van der Waals surface area contributed by atoms with Crippen molar-refractivity contribution in [2.45, 2.75) is 26.1 Å². The van der Waals surface area contributed by atoms with E-state index in [0.717, 1.165) is 10.8 Å². The summed E-state index contributed by atoms with van der Waals surface area (Å²) in [7, 11) is 1.75. The number of thioether (sulfide) groups is 1. The number of rotatable bonds is 4. The number of anilines is 1. The molecule has 0 amide bonds. The van der Waals surface area contributed by atoms with Crippen molar-refractivity contribution in [2.75, 3.05) is 12.4 Å². The molecular weight excluding hydrogens is 335 g/mol. The van der Waals surface area contributed by atoms with Crippen molar-refractivity contribution >= 4 is 38.3 Å². The molecule has 1 heterocycles. The molecule has 0 aliphatic carbocycles. The quantitative estimate of drug-likeness (QED) is 0.595. The second kappa shape index (κ2) is 7.25. The van der Waals surface area contributed by atoms with Crippen LogP contribution in [-0.4, -0.2) is 29.3 Å². The molecule has 0 saturated carbocycles. The van der Waals surface area contributed by atoms with E-state index < -0.39 is 17.3 Å². The standard InChI is InChI=1S/C17H18F3N3S/c1-10(2)23-16(17(18,19)20)24-11(3)12-5-6-13-9-22-15(21-4)8-14(13)7-12/h5-10H,3H2,1-2,4H3,(H,21,22). The topological polar surface area (TPSA) is 37.3 Å². The van der Waals surface area contributed by atoms with Gasteiger partial charge in [-0.25, -0.2) is 4.98 Å². The van der Waals surface area contributed by atoms with Gasteiger partial charge in [0.15, 0.2) is 5.04 Å². The Morgan fingerprint density at radius 2 is 1.96 bits per heavy atom. The van der Waals surface area contributed by atoms with Crippen LogP contribution in [0, 0.1) is 0 Å². The number of aliphatic imine (C=N–C) groups is 1. The lowest BCUT2D eigenvalue weighted by Crippen LogP contribution is -2.21. The number of aromatic nitrogens is 1. The third-order valence-electron chi connectivity index (χ3n) is 3.14. The monoisotopic (exact) mass is 353 g/mol. The van der Waals surface area contributed by atoms with Gasteiger partial charge in [-0.05, 0) is 36.9 Å². The minimum Gasteiger partial charge on any atom is -0.373 e. The maximum atomic E-state index is 13.1. The maximum Gasteiger partial charge on any atom is 0.439 e. The number of pyridine rings is 1. The number of benzene rings is 1. The molecular formula is C17H18F3N3S. The van der Waals surface area contributed by atoms with E-state index in [2.05, 4.69) is 21.9 Å². The highest BCUT2D eigenvalue weighted by molar-refractivity contribution is 8.21. The van der Waals surface area contributed by atoms with E-state index in [1.54, 1.807) is 39.2 Å². The minimum absolute atomic E-state index is 0.302. The minimum atomic E-state index is -4.49. The van der Waals surface area contributed by atoms with Crippen LogP contribution in [0.5, 0.6) is 0 Å². The number of nitrogens with zero attached hydrogens (tertiary/aromatic N) is 2. The van der Waals surface area contributed by atoms with E-state index >= 15 is 0 Å². The predicted octanol–water partition coefficient (Wildman–Crippen LogP) is 5.35. The second-order valence-electron chi connectivity index (χ2n) is 5.43. The van der Waals surface area contributed by atoms with E-state index in [9.17, 15) is 13.2 Å². The largest absolute Gasteiger partial charge is 0.439 e. The van der Waals surface area contributed by atoms with Crippen molar-refractivity contribution in [3.05, 3.63) is 42.6 Å². The first-order valence-corrected chi connectivity index (χ1v) is 8.12. The molecule has 0 fully saturated rings. The van der Waals surface area contributed by atoms with Crippen molar-refractivity contribution in [1.82, 2.24) is 4.98 Å². The van der Waals surface area contributed by atoms with Gasteiger partial charge in [0.25, 0.3) is 0 Å². The van der Waals surface area contributed by atoms with Gasteiger partial charge in [-0.3, -0.25) is 4.99 Å². The smallest absolute Gasteiger partial charge is 0.373 e. The number of hydrogen-bond acceptors (Lipinski definition) is 4. The lowest BCUT2D eigenvalue weighted by atomic mass is 10.1. The summed E-state index contributed by atoms with van der Waals surface area (Å²) in [6.07, 6.45) is -2.78. The van der Waals surface area contributed by atoms with Crippen LogP contribution in [-0.2, 0) is 0 Å². The van der Waals surface area contributed by atoms with Crippen molar-refractivity contribution in [3.8, 4) is 0 Å². The van der Waals surface area contributed by atoms with Gasteiger partial charge in [0.1, 0.15) is 5.82 Å². The Labute approximate surface area is 143 Å². The molecule has 1 aromatic heterocycles. The van der Waals surface area contributed by atoms with Gasteiger partial charge in [-0.2, -0.15) is 13.2 Å². The Morgan fingerprint density at radius 1 is 1.25 bits per heavy atom. The van der Waals surface area contributed by atoms with E-state index in [4.69, 9.17) is 0 Å². The molecule has 7 heteroatoms. The van der Waals surface area contributed by atoms with Crippen molar-refractivity contribution in [3.63, 3.8) is 0 Å². The van der Waals surface area contributed by atoms with E-state index in [1.807, 2.05) is 12.1 Å². The summed E-state index contributed by atoms with van der Waals surface area (Å²) in [5, 5.41) is 3.84. The molecule has 0 spiro atoms. The molecule has 0 aliphatic rings. The van der Waals surface area contributed by atoms with E-state index in [1.165, 1.54) is 0 Å². The Morgan fingerprint density at radius 3 is 2.54 bits per heavy atom. The molecule has 1 N–H and O–H groups in total. The third-order valence-corrected chi connectivity index (χ3v) is 4.15. The van der Waals surface area contributed by atoms with Gasteiger partial charge >= 0.3 is 6.18 Å². The summed E-state index contributed by atoms with van der Waals surface area (Å²) in [5.74, 6) is 0.690. The highest BCUT2D eigenvalue weighted by atomic mass is 32.2. The number of halogens is 3. The van der Waals surface area contributed by atoms with Gasteiger partial charge in [-0.1, -0.05) is 30.5 Å². The molecule has 0 bridgehead atoms. The van der Waals surface area contributed by atoms with Crippen LogP contribution in [0.1, 0.15) is 19.4 Å². The average molecular weight is 353 g/mol. The Bertz CT molecular complexity index is 782. The number of alkyl halides is 3. The van der Waals surface area contributed by atoms with Crippen LogP contribution in [0.25, 0.3) is 15.7 Å². The zero-order valence-corrected chi connectivity index (χ0v) is 14.4. The maximum absolute atomic E-state index is 13.1. The van der Waals surface area contributed by atoms with Gasteiger partial charge in [-0.15, -0.1) is 0 Å². The van der Waals surface area contributed by atoms with Crippen LogP contribution >= 0.6 is 11.8 Å². The fourth-order valence-corrected chi connectivity index (χ4v) is 2.88. The molecule has 3 nitrogen and oxygen atoms in total. The van der Waals surface area contributed by atoms with Gasteiger partial charge in [0.05, 0.1) is 0 Å². The molecule has 0 atom stereocenters. The molecule has 0 aliphatic heterocycles. The van der Waals surface area contributed by atoms with E-state index in [0.29, 0.717) is 28.0 Å². The highest BCUT2D eigenvalue weighted by Gasteiger charge is 2.37. The Balaban J connectivity index is 2.33. The summed E-state index contributed by atoms with van der Waals surface area (Å²) in [5.41, 5.74) is 0.626. The molecule has 0 radical (unpaired) electrons. The van der Waals surface area contributed by atoms with Crippen molar-refractivity contribution in [1.29, 1.82) is 0 Å². The molecule has 1 aromatic carbocycles. The van der Waals surface area contributed by atoms with Gasteiger partial charge in [0, 0.05) is 29.6 Å². The zero-order chi connectivity index (χ0) is 17.9. The molecule has 0 unspecified atom stereocenters. The van der Waals surface area contributed by atoms with Crippen LogP contribution < -0.4 is 5.32 Å². The van der Waals surface area contributed by atoms with Crippen molar-refractivity contribution < 1.29 is 13.2 Å². The summed E-state index contributed by atoms with van der Waals surface area (Å²) >= 11 is 0.551. The molecule has 24 heavy (non-hydrogen) atoms. The number of nitrogens with one attached hydrogen (secondary N) is 1. The van der Waals surface area contributed by atoms with Gasteiger partial charge in [0.2, 0.25) is 0 Å².